The van der Waals surface area contributed by atoms with E-state index in [0.29, 0.717) is 21.6 Å². The molecule has 0 aliphatic heterocycles. The molecule has 148 valence electrons. The highest BCUT2D eigenvalue weighted by molar-refractivity contribution is 7.89. The number of H-pyrrole nitrogens is 1. The van der Waals surface area contributed by atoms with Gasteiger partial charge in [0, 0.05) is 24.5 Å². The number of aromatic amines is 1. The number of aryl methyl sites for hydroxylation is 1. The number of sulfonamides is 1. The van der Waals surface area contributed by atoms with E-state index in [-0.39, 0.29) is 10.5 Å². The Morgan fingerprint density at radius 3 is 2.24 bits per heavy atom. The minimum atomic E-state index is -3.51. The highest BCUT2D eigenvalue weighted by Gasteiger charge is 2.18. The normalized spacial score (nSPS) is 12.0. The van der Waals surface area contributed by atoms with Gasteiger partial charge in [0.1, 0.15) is 10.7 Å². The summed E-state index contributed by atoms with van der Waals surface area (Å²) in [4.78, 5) is 22.1. The summed E-state index contributed by atoms with van der Waals surface area (Å²) in [6.45, 7) is 1.93. The molecule has 2 aromatic heterocycles. The lowest BCUT2D eigenvalue weighted by molar-refractivity contribution is 0.521. The van der Waals surface area contributed by atoms with Gasteiger partial charge in [-0.1, -0.05) is 30.3 Å². The standard InChI is InChI=1S/C21H19N3O3S2/c1-13-17-20(25)22-19(15-9-11-16(12-10-15)29(26,27)24(2)3)23-21(17)28-18(13)14-7-5-4-6-8-14/h4-12H,1-3H3,(H,22,23,25). The fraction of sp³-hybridized carbons (Fsp3) is 0.143. The second kappa shape index (κ2) is 7.22. The minimum absolute atomic E-state index is 0.188. The van der Waals surface area contributed by atoms with E-state index in [4.69, 9.17) is 0 Å². The SMILES string of the molecule is Cc1c(-c2ccccc2)sc2nc(-c3ccc(S(=O)(=O)N(C)C)cc3)[nH]c(=O)c12. The largest absolute Gasteiger partial charge is 0.306 e. The number of fused-ring (bicyclic) bond motifs is 1. The summed E-state index contributed by atoms with van der Waals surface area (Å²) in [5, 5.41) is 0.587. The van der Waals surface area contributed by atoms with E-state index in [1.54, 1.807) is 12.1 Å². The van der Waals surface area contributed by atoms with Crippen molar-refractivity contribution in [2.45, 2.75) is 11.8 Å². The number of rotatable bonds is 4. The summed E-state index contributed by atoms with van der Waals surface area (Å²) in [6, 6.07) is 16.2. The van der Waals surface area contributed by atoms with Crippen LogP contribution in [0.3, 0.4) is 0 Å². The van der Waals surface area contributed by atoms with Crippen molar-refractivity contribution in [3.05, 3.63) is 70.5 Å². The summed E-state index contributed by atoms with van der Waals surface area (Å²) < 4.78 is 25.6. The van der Waals surface area contributed by atoms with Crippen LogP contribution in [0.1, 0.15) is 5.56 Å². The molecular formula is C21H19N3O3S2. The average Bonchev–Trinajstić information content (AvgIpc) is 3.05. The molecular weight excluding hydrogens is 406 g/mol. The van der Waals surface area contributed by atoms with Gasteiger partial charge in [-0.25, -0.2) is 17.7 Å². The van der Waals surface area contributed by atoms with E-state index in [2.05, 4.69) is 9.97 Å². The van der Waals surface area contributed by atoms with Crippen LogP contribution in [0, 0.1) is 6.92 Å². The van der Waals surface area contributed by atoms with Crippen LogP contribution >= 0.6 is 11.3 Å². The van der Waals surface area contributed by atoms with Gasteiger partial charge in [0.2, 0.25) is 10.0 Å². The number of hydrogen-bond donors (Lipinski definition) is 1. The summed E-state index contributed by atoms with van der Waals surface area (Å²) >= 11 is 1.48. The third kappa shape index (κ3) is 3.39. The molecule has 0 bridgehead atoms. The van der Waals surface area contributed by atoms with E-state index in [9.17, 15) is 13.2 Å². The molecule has 4 rings (SSSR count). The first-order valence-electron chi connectivity index (χ1n) is 8.91. The summed E-state index contributed by atoms with van der Waals surface area (Å²) in [5.41, 5.74) is 2.40. The van der Waals surface area contributed by atoms with E-state index >= 15 is 0 Å². The lowest BCUT2D eigenvalue weighted by Crippen LogP contribution is -2.22. The first-order chi connectivity index (χ1) is 13.8. The Kier molecular flexibility index (Phi) is 4.85. The van der Waals surface area contributed by atoms with Crippen LogP contribution in [-0.4, -0.2) is 36.8 Å². The van der Waals surface area contributed by atoms with Crippen molar-refractivity contribution >= 4 is 31.6 Å². The monoisotopic (exact) mass is 425 g/mol. The zero-order valence-electron chi connectivity index (χ0n) is 16.1. The Morgan fingerprint density at radius 2 is 1.62 bits per heavy atom. The molecule has 0 saturated carbocycles. The Bertz CT molecular complexity index is 1350. The second-order valence-electron chi connectivity index (χ2n) is 6.83. The molecule has 0 saturated heterocycles. The van der Waals surface area contributed by atoms with Crippen molar-refractivity contribution in [1.82, 2.24) is 14.3 Å². The van der Waals surface area contributed by atoms with Crippen LogP contribution in [0.5, 0.6) is 0 Å². The van der Waals surface area contributed by atoms with Crippen LogP contribution in [0.2, 0.25) is 0 Å². The highest BCUT2D eigenvalue weighted by Crippen LogP contribution is 2.36. The maximum atomic E-state index is 12.8. The van der Waals surface area contributed by atoms with E-state index in [1.165, 1.54) is 37.6 Å². The van der Waals surface area contributed by atoms with Crippen LogP contribution in [0.15, 0.2) is 64.3 Å². The Balaban J connectivity index is 1.81. The molecule has 2 aromatic carbocycles. The summed E-state index contributed by atoms with van der Waals surface area (Å²) in [6.07, 6.45) is 0. The lowest BCUT2D eigenvalue weighted by atomic mass is 10.1. The lowest BCUT2D eigenvalue weighted by Gasteiger charge is -2.11. The molecule has 8 heteroatoms. The first-order valence-corrected chi connectivity index (χ1v) is 11.2. The maximum absolute atomic E-state index is 12.8. The van der Waals surface area contributed by atoms with Crippen LogP contribution in [0.25, 0.3) is 32.0 Å². The predicted octanol–water partition coefficient (Wildman–Crippen LogP) is 3.88. The van der Waals surface area contributed by atoms with E-state index in [0.717, 1.165) is 20.3 Å². The van der Waals surface area contributed by atoms with Gasteiger partial charge < -0.3 is 4.98 Å². The van der Waals surface area contributed by atoms with Crippen molar-refractivity contribution in [1.29, 1.82) is 0 Å². The van der Waals surface area contributed by atoms with Gasteiger partial charge in [-0.15, -0.1) is 11.3 Å². The topological polar surface area (TPSA) is 83.1 Å². The third-order valence-corrected chi connectivity index (χ3v) is 7.81. The Labute approximate surface area is 172 Å². The number of nitrogens with zero attached hydrogens (tertiary/aromatic N) is 2. The van der Waals surface area contributed by atoms with Crippen LogP contribution in [-0.2, 0) is 10.0 Å². The quantitative estimate of drug-likeness (QED) is 0.538. The van der Waals surface area contributed by atoms with Crippen molar-refractivity contribution in [2.75, 3.05) is 14.1 Å². The molecule has 0 amide bonds. The number of benzene rings is 2. The molecule has 29 heavy (non-hydrogen) atoms. The maximum Gasteiger partial charge on any atom is 0.260 e. The van der Waals surface area contributed by atoms with Gasteiger partial charge in [0.15, 0.2) is 0 Å². The zero-order chi connectivity index (χ0) is 20.8. The predicted molar refractivity (Wildman–Crippen MR) is 117 cm³/mol. The van der Waals surface area contributed by atoms with Gasteiger partial charge in [-0.05, 0) is 42.3 Å². The van der Waals surface area contributed by atoms with Gasteiger partial charge in [-0.2, -0.15) is 0 Å². The summed E-state index contributed by atoms with van der Waals surface area (Å²) in [5.74, 6) is 0.414. The molecule has 0 atom stereocenters. The fourth-order valence-corrected chi connectivity index (χ4v) is 5.23. The highest BCUT2D eigenvalue weighted by atomic mass is 32.2. The summed E-state index contributed by atoms with van der Waals surface area (Å²) in [7, 11) is -0.537. The van der Waals surface area contributed by atoms with Crippen molar-refractivity contribution < 1.29 is 8.42 Å². The number of nitrogens with one attached hydrogen (secondary N) is 1. The van der Waals surface area contributed by atoms with Gasteiger partial charge >= 0.3 is 0 Å². The molecule has 2 heterocycles. The minimum Gasteiger partial charge on any atom is -0.306 e. The Hall–Kier alpha value is -2.81. The van der Waals surface area contributed by atoms with Crippen LogP contribution in [0.4, 0.5) is 0 Å². The van der Waals surface area contributed by atoms with Gasteiger partial charge in [0.25, 0.3) is 5.56 Å². The van der Waals surface area contributed by atoms with Crippen molar-refractivity contribution in [3.8, 4) is 21.8 Å². The Morgan fingerprint density at radius 1 is 0.966 bits per heavy atom. The zero-order valence-corrected chi connectivity index (χ0v) is 17.8. The third-order valence-electron chi connectivity index (χ3n) is 4.74. The molecule has 0 spiro atoms. The fourth-order valence-electron chi connectivity index (χ4n) is 3.14. The first kappa shape index (κ1) is 19.5. The van der Waals surface area contributed by atoms with Crippen molar-refractivity contribution in [3.63, 3.8) is 0 Å². The number of hydrogen-bond acceptors (Lipinski definition) is 5. The molecule has 0 aliphatic carbocycles. The van der Waals surface area contributed by atoms with Crippen molar-refractivity contribution in [2.24, 2.45) is 0 Å². The molecule has 0 unspecified atom stereocenters. The number of aromatic nitrogens is 2. The van der Waals surface area contributed by atoms with E-state index in [1.807, 2.05) is 37.3 Å². The molecule has 0 fully saturated rings. The molecule has 4 aromatic rings. The molecule has 0 aliphatic rings. The van der Waals surface area contributed by atoms with Crippen LogP contribution < -0.4 is 5.56 Å². The van der Waals surface area contributed by atoms with Gasteiger partial charge in [-0.3, -0.25) is 4.79 Å². The molecule has 1 N–H and O–H groups in total. The number of thiophene rings is 1. The van der Waals surface area contributed by atoms with Gasteiger partial charge in [0.05, 0.1) is 10.3 Å². The smallest absolute Gasteiger partial charge is 0.260 e. The van der Waals surface area contributed by atoms with E-state index < -0.39 is 10.0 Å². The average molecular weight is 426 g/mol. The molecule has 6 nitrogen and oxygen atoms in total. The second-order valence-corrected chi connectivity index (χ2v) is 9.98. The molecule has 0 radical (unpaired) electrons.